The highest BCUT2D eigenvalue weighted by molar-refractivity contribution is 14.0. The Morgan fingerprint density at radius 1 is 1.16 bits per heavy atom. The van der Waals surface area contributed by atoms with Gasteiger partial charge < -0.3 is 19.9 Å². The molecular formula is C21H41IN8O. The largest absolute Gasteiger partial charge is 0.379 e. The average Bonchev–Trinajstić information content (AvgIpc) is 3.43. The Kier molecular flexibility index (Phi) is 12.7. The van der Waals surface area contributed by atoms with E-state index in [1.807, 2.05) is 6.33 Å². The highest BCUT2D eigenvalue weighted by atomic mass is 127. The van der Waals surface area contributed by atoms with Crippen LogP contribution in [0.5, 0.6) is 0 Å². The lowest BCUT2D eigenvalue weighted by atomic mass is 10.2. The van der Waals surface area contributed by atoms with Gasteiger partial charge in [-0.25, -0.2) is 0 Å². The van der Waals surface area contributed by atoms with Crippen molar-refractivity contribution < 1.29 is 4.74 Å². The van der Waals surface area contributed by atoms with E-state index in [1.54, 1.807) is 0 Å². The molecule has 2 fully saturated rings. The number of guanidine groups is 1. The Bertz CT molecular complexity index is 635. The lowest BCUT2D eigenvalue weighted by molar-refractivity contribution is 0.0376. The third-order valence-electron chi connectivity index (χ3n) is 6.07. The average molecular weight is 549 g/mol. The number of likely N-dealkylation sites (N-methyl/N-ethyl adjacent to an activating group) is 1. The molecule has 0 aliphatic carbocycles. The van der Waals surface area contributed by atoms with E-state index in [-0.39, 0.29) is 24.0 Å². The molecule has 9 nitrogen and oxygen atoms in total. The molecule has 0 amide bonds. The zero-order valence-corrected chi connectivity index (χ0v) is 21.6. The summed E-state index contributed by atoms with van der Waals surface area (Å²) in [5.41, 5.74) is 0. The predicted octanol–water partition coefficient (Wildman–Crippen LogP) is 1.20. The fraction of sp³-hybridized carbons (Fsp3) is 0.857. The highest BCUT2D eigenvalue weighted by Crippen LogP contribution is 2.16. The number of likely N-dealkylation sites (tertiary alicyclic amines) is 1. The second kappa shape index (κ2) is 15.0. The first-order valence-electron chi connectivity index (χ1n) is 11.7. The molecule has 2 N–H and O–H groups in total. The summed E-state index contributed by atoms with van der Waals surface area (Å²) in [7, 11) is 0. The molecule has 1 atom stereocenters. The summed E-state index contributed by atoms with van der Waals surface area (Å²) in [5.74, 6) is 1.95. The summed E-state index contributed by atoms with van der Waals surface area (Å²) in [6.07, 6.45) is 6.36. The van der Waals surface area contributed by atoms with Crippen LogP contribution < -0.4 is 10.6 Å². The summed E-state index contributed by atoms with van der Waals surface area (Å²) >= 11 is 0. The van der Waals surface area contributed by atoms with Gasteiger partial charge in [-0.1, -0.05) is 13.8 Å². The van der Waals surface area contributed by atoms with Crippen molar-refractivity contribution in [2.75, 3.05) is 65.6 Å². The summed E-state index contributed by atoms with van der Waals surface area (Å²) in [4.78, 5) is 9.95. The molecule has 2 aliphatic rings. The molecule has 0 radical (unpaired) electrons. The van der Waals surface area contributed by atoms with Crippen molar-refractivity contribution in [3.05, 3.63) is 12.2 Å². The maximum Gasteiger partial charge on any atom is 0.191 e. The number of hydrogen-bond donors (Lipinski definition) is 2. The standard InChI is InChI=1S/C21H40N8O.HI/c1-3-20-26-25-18-29(20)12-9-23-21(24-17-19-7-5-11-28(19)4-2)22-8-6-10-27-13-15-30-16-14-27;/h18-19H,3-17H2,1-2H3,(H2,22,23,24);1H. The fourth-order valence-electron chi connectivity index (χ4n) is 4.26. The van der Waals surface area contributed by atoms with Gasteiger partial charge in [0.2, 0.25) is 0 Å². The van der Waals surface area contributed by atoms with E-state index in [9.17, 15) is 0 Å². The van der Waals surface area contributed by atoms with Crippen molar-refractivity contribution in [3.63, 3.8) is 0 Å². The van der Waals surface area contributed by atoms with E-state index < -0.39 is 0 Å². The van der Waals surface area contributed by atoms with Gasteiger partial charge in [0.1, 0.15) is 12.2 Å². The van der Waals surface area contributed by atoms with Crippen molar-refractivity contribution in [2.45, 2.75) is 52.1 Å². The van der Waals surface area contributed by atoms with Crippen LogP contribution in [0.4, 0.5) is 0 Å². The van der Waals surface area contributed by atoms with E-state index >= 15 is 0 Å². The Morgan fingerprint density at radius 3 is 2.74 bits per heavy atom. The Balaban J connectivity index is 0.00000341. The predicted molar refractivity (Wildman–Crippen MR) is 135 cm³/mol. The van der Waals surface area contributed by atoms with Crippen LogP contribution in [0.25, 0.3) is 0 Å². The number of morpholine rings is 1. The maximum atomic E-state index is 5.43. The van der Waals surface area contributed by atoms with Crippen molar-refractivity contribution in [3.8, 4) is 0 Å². The van der Waals surface area contributed by atoms with E-state index in [2.05, 4.69) is 49.0 Å². The van der Waals surface area contributed by atoms with Crippen molar-refractivity contribution >= 4 is 29.9 Å². The van der Waals surface area contributed by atoms with Crippen LogP contribution in [0, 0.1) is 0 Å². The molecule has 2 saturated heterocycles. The van der Waals surface area contributed by atoms with Crippen LogP contribution in [0.3, 0.4) is 0 Å². The van der Waals surface area contributed by atoms with Gasteiger partial charge in [-0.3, -0.25) is 14.8 Å². The van der Waals surface area contributed by atoms with Gasteiger partial charge in [-0.15, -0.1) is 34.2 Å². The molecule has 2 aliphatic heterocycles. The summed E-state index contributed by atoms with van der Waals surface area (Å²) in [6, 6.07) is 0.575. The van der Waals surface area contributed by atoms with Gasteiger partial charge in [0.05, 0.1) is 19.8 Å². The smallest absolute Gasteiger partial charge is 0.191 e. The minimum atomic E-state index is 0. The molecule has 1 aromatic heterocycles. The number of aromatic nitrogens is 3. The first kappa shape index (κ1) is 26.3. The lowest BCUT2D eigenvalue weighted by Gasteiger charge is -2.26. The number of aliphatic imine (C=N–C) groups is 1. The topological polar surface area (TPSA) is 82.8 Å². The first-order valence-corrected chi connectivity index (χ1v) is 11.7. The molecule has 1 unspecified atom stereocenters. The SMILES string of the molecule is CCc1nncn1CCNC(=NCC1CCCN1CC)NCCCN1CCOCC1.I. The van der Waals surface area contributed by atoms with Gasteiger partial charge in [0.15, 0.2) is 5.96 Å². The number of halogens is 1. The van der Waals surface area contributed by atoms with E-state index in [4.69, 9.17) is 9.73 Å². The van der Waals surface area contributed by atoms with Crippen LogP contribution in [0.2, 0.25) is 0 Å². The molecule has 3 rings (SSSR count). The minimum Gasteiger partial charge on any atom is -0.379 e. The first-order chi connectivity index (χ1) is 14.8. The number of aryl methyl sites for hydroxylation is 1. The van der Waals surface area contributed by atoms with Gasteiger partial charge in [-0.05, 0) is 38.9 Å². The number of ether oxygens (including phenoxy) is 1. The number of rotatable bonds is 11. The van der Waals surface area contributed by atoms with Crippen molar-refractivity contribution in [1.29, 1.82) is 0 Å². The van der Waals surface area contributed by atoms with Crippen LogP contribution in [-0.4, -0.2) is 102 Å². The number of nitrogens with one attached hydrogen (secondary N) is 2. The summed E-state index contributed by atoms with van der Waals surface area (Å²) in [6.45, 7) is 15.0. The maximum absolute atomic E-state index is 5.43. The van der Waals surface area contributed by atoms with Gasteiger partial charge in [-0.2, -0.15) is 0 Å². The van der Waals surface area contributed by atoms with Gasteiger partial charge in [0, 0.05) is 45.2 Å². The normalized spacial score (nSPS) is 20.6. The quantitative estimate of drug-likeness (QED) is 0.186. The minimum absolute atomic E-state index is 0. The molecule has 178 valence electrons. The second-order valence-electron chi connectivity index (χ2n) is 8.07. The van der Waals surface area contributed by atoms with Crippen LogP contribution in [0.15, 0.2) is 11.3 Å². The third kappa shape index (κ3) is 8.82. The molecule has 0 saturated carbocycles. The summed E-state index contributed by atoms with van der Waals surface area (Å²) in [5, 5.41) is 15.2. The number of nitrogens with zero attached hydrogens (tertiary/aromatic N) is 6. The molecule has 31 heavy (non-hydrogen) atoms. The third-order valence-corrected chi connectivity index (χ3v) is 6.07. The van der Waals surface area contributed by atoms with Gasteiger partial charge in [0.25, 0.3) is 0 Å². The molecule has 3 heterocycles. The van der Waals surface area contributed by atoms with E-state index in [1.165, 1.54) is 19.4 Å². The van der Waals surface area contributed by atoms with Crippen LogP contribution >= 0.6 is 24.0 Å². The zero-order valence-electron chi connectivity index (χ0n) is 19.3. The van der Waals surface area contributed by atoms with Crippen LogP contribution in [-0.2, 0) is 17.7 Å². The number of hydrogen-bond acceptors (Lipinski definition) is 6. The molecule has 0 aromatic carbocycles. The molecule has 0 bridgehead atoms. The molecule has 0 spiro atoms. The Labute approximate surface area is 204 Å². The fourth-order valence-corrected chi connectivity index (χ4v) is 4.26. The summed E-state index contributed by atoms with van der Waals surface area (Å²) < 4.78 is 7.54. The molecule has 1 aromatic rings. The monoisotopic (exact) mass is 548 g/mol. The highest BCUT2D eigenvalue weighted by Gasteiger charge is 2.22. The Morgan fingerprint density at radius 2 is 1.97 bits per heavy atom. The molecular weight excluding hydrogens is 507 g/mol. The second-order valence-corrected chi connectivity index (χ2v) is 8.07. The zero-order chi connectivity index (χ0) is 21.0. The van der Waals surface area contributed by atoms with Gasteiger partial charge >= 0.3 is 0 Å². The van der Waals surface area contributed by atoms with Crippen LogP contribution in [0.1, 0.15) is 38.9 Å². The van der Waals surface area contributed by atoms with Crippen molar-refractivity contribution in [1.82, 2.24) is 35.2 Å². The lowest BCUT2D eigenvalue weighted by Crippen LogP contribution is -2.42. The van der Waals surface area contributed by atoms with Crippen molar-refractivity contribution in [2.24, 2.45) is 4.99 Å². The molecule has 10 heteroatoms. The Hall–Kier alpha value is -0.980. The van der Waals surface area contributed by atoms with E-state index in [0.29, 0.717) is 6.04 Å². The van der Waals surface area contributed by atoms with E-state index in [0.717, 1.165) is 90.2 Å².